The molecule has 0 bridgehead atoms. The van der Waals surface area contributed by atoms with Crippen LogP contribution in [0.4, 0.5) is 13.2 Å². The molecule has 1 heterocycles. The van der Waals surface area contributed by atoms with E-state index in [0.717, 1.165) is 24.3 Å². The van der Waals surface area contributed by atoms with Crippen molar-refractivity contribution < 1.29 is 22.8 Å². The SMILES string of the molecule is O=C(CC1CCSCC1)NOCC(F)(F)F. The van der Waals surface area contributed by atoms with Gasteiger partial charge in [-0.3, -0.25) is 9.63 Å². The zero-order valence-corrected chi connectivity index (χ0v) is 9.50. The van der Waals surface area contributed by atoms with Crippen LogP contribution in [0.3, 0.4) is 0 Å². The number of halogens is 3. The van der Waals surface area contributed by atoms with Gasteiger partial charge in [-0.05, 0) is 30.3 Å². The maximum absolute atomic E-state index is 11.7. The first kappa shape index (κ1) is 13.6. The van der Waals surface area contributed by atoms with Gasteiger partial charge in [0.15, 0.2) is 6.61 Å². The van der Waals surface area contributed by atoms with E-state index in [-0.39, 0.29) is 12.3 Å². The Balaban J connectivity index is 2.10. The van der Waals surface area contributed by atoms with Crippen LogP contribution < -0.4 is 5.48 Å². The molecule has 1 saturated heterocycles. The minimum atomic E-state index is -4.41. The third-order valence-electron chi connectivity index (χ3n) is 2.24. The van der Waals surface area contributed by atoms with E-state index < -0.39 is 18.7 Å². The van der Waals surface area contributed by atoms with Gasteiger partial charge in [-0.1, -0.05) is 0 Å². The van der Waals surface area contributed by atoms with E-state index in [9.17, 15) is 18.0 Å². The zero-order chi connectivity index (χ0) is 12.0. The fraction of sp³-hybridized carbons (Fsp3) is 0.889. The molecule has 7 heteroatoms. The van der Waals surface area contributed by atoms with Crippen LogP contribution in [0.5, 0.6) is 0 Å². The number of hydroxylamine groups is 1. The predicted molar refractivity (Wildman–Crippen MR) is 54.8 cm³/mol. The van der Waals surface area contributed by atoms with Crippen LogP contribution in [0, 0.1) is 5.92 Å². The van der Waals surface area contributed by atoms with E-state index in [1.165, 1.54) is 0 Å². The number of hydrogen-bond acceptors (Lipinski definition) is 3. The smallest absolute Gasteiger partial charge is 0.273 e. The molecule has 0 spiro atoms. The summed E-state index contributed by atoms with van der Waals surface area (Å²) in [6.07, 6.45) is -2.28. The van der Waals surface area contributed by atoms with Crippen LogP contribution in [0.2, 0.25) is 0 Å². The molecule has 1 fully saturated rings. The van der Waals surface area contributed by atoms with Gasteiger partial charge < -0.3 is 0 Å². The van der Waals surface area contributed by atoms with E-state index in [1.807, 2.05) is 17.2 Å². The van der Waals surface area contributed by atoms with Crippen molar-refractivity contribution in [1.82, 2.24) is 5.48 Å². The Bertz CT molecular complexity index is 229. The highest BCUT2D eigenvalue weighted by Crippen LogP contribution is 2.25. The van der Waals surface area contributed by atoms with E-state index in [2.05, 4.69) is 4.84 Å². The number of amides is 1. The van der Waals surface area contributed by atoms with Crippen molar-refractivity contribution in [2.75, 3.05) is 18.1 Å². The molecule has 1 rings (SSSR count). The summed E-state index contributed by atoms with van der Waals surface area (Å²) in [5, 5.41) is 0. The molecule has 0 aromatic carbocycles. The Labute approximate surface area is 96.1 Å². The summed E-state index contributed by atoms with van der Waals surface area (Å²) < 4.78 is 35.1. The van der Waals surface area contributed by atoms with E-state index >= 15 is 0 Å². The van der Waals surface area contributed by atoms with E-state index in [1.54, 1.807) is 0 Å². The van der Waals surface area contributed by atoms with Gasteiger partial charge in [0.05, 0.1) is 0 Å². The van der Waals surface area contributed by atoms with Crippen LogP contribution >= 0.6 is 11.8 Å². The maximum atomic E-state index is 11.7. The minimum absolute atomic E-state index is 0.248. The normalized spacial score (nSPS) is 18.4. The summed E-state index contributed by atoms with van der Waals surface area (Å²) in [6.45, 7) is -1.45. The van der Waals surface area contributed by atoms with Gasteiger partial charge in [-0.2, -0.15) is 24.9 Å². The lowest BCUT2D eigenvalue weighted by molar-refractivity contribution is -0.191. The lowest BCUT2D eigenvalue weighted by Gasteiger charge is -2.20. The number of thioether (sulfide) groups is 1. The van der Waals surface area contributed by atoms with Crippen molar-refractivity contribution in [3.63, 3.8) is 0 Å². The van der Waals surface area contributed by atoms with Crippen LogP contribution in [0.1, 0.15) is 19.3 Å². The molecule has 0 atom stereocenters. The topological polar surface area (TPSA) is 38.3 Å². The number of nitrogens with one attached hydrogen (secondary N) is 1. The Morgan fingerprint density at radius 2 is 2.00 bits per heavy atom. The molecule has 0 saturated carbocycles. The molecule has 0 aromatic rings. The van der Waals surface area contributed by atoms with Crippen molar-refractivity contribution in [2.45, 2.75) is 25.4 Å². The molecular formula is C9H14F3NO2S. The van der Waals surface area contributed by atoms with Crippen LogP contribution in [-0.2, 0) is 9.63 Å². The second kappa shape index (κ2) is 6.34. The highest BCUT2D eigenvalue weighted by Gasteiger charge is 2.28. The standard InChI is InChI=1S/C9H14F3NO2S/c10-9(11,12)6-15-13-8(14)5-7-1-3-16-4-2-7/h7H,1-6H2,(H,13,14). The van der Waals surface area contributed by atoms with Gasteiger partial charge in [0, 0.05) is 6.42 Å². The van der Waals surface area contributed by atoms with Gasteiger partial charge in [-0.15, -0.1) is 0 Å². The van der Waals surface area contributed by atoms with Crippen LogP contribution in [0.25, 0.3) is 0 Å². The minimum Gasteiger partial charge on any atom is -0.273 e. The lowest BCUT2D eigenvalue weighted by atomic mass is 9.99. The third kappa shape index (κ3) is 6.22. The lowest BCUT2D eigenvalue weighted by Crippen LogP contribution is -2.31. The highest BCUT2D eigenvalue weighted by atomic mass is 32.2. The molecular weight excluding hydrogens is 243 g/mol. The summed E-state index contributed by atoms with van der Waals surface area (Å²) in [6, 6.07) is 0. The molecule has 0 aliphatic carbocycles. The Morgan fingerprint density at radius 3 is 2.56 bits per heavy atom. The van der Waals surface area contributed by atoms with Crippen LogP contribution in [-0.4, -0.2) is 30.2 Å². The summed E-state index contributed by atoms with van der Waals surface area (Å²) in [5.74, 6) is 1.83. The van der Waals surface area contributed by atoms with Crippen LogP contribution in [0.15, 0.2) is 0 Å². The molecule has 0 unspecified atom stereocenters. The molecule has 16 heavy (non-hydrogen) atoms. The quantitative estimate of drug-likeness (QED) is 0.784. The van der Waals surface area contributed by atoms with Crippen molar-refractivity contribution in [3.8, 4) is 0 Å². The average Bonchev–Trinajstić information content (AvgIpc) is 2.17. The molecule has 94 valence electrons. The second-order valence-corrected chi connectivity index (χ2v) is 4.91. The summed E-state index contributed by atoms with van der Waals surface area (Å²) in [7, 11) is 0. The first-order valence-corrected chi connectivity index (χ1v) is 6.18. The van der Waals surface area contributed by atoms with Crippen molar-refractivity contribution in [3.05, 3.63) is 0 Å². The molecule has 1 aliphatic rings. The fourth-order valence-electron chi connectivity index (χ4n) is 1.45. The second-order valence-electron chi connectivity index (χ2n) is 3.69. The Morgan fingerprint density at radius 1 is 1.38 bits per heavy atom. The van der Waals surface area contributed by atoms with Crippen molar-refractivity contribution >= 4 is 17.7 Å². The summed E-state index contributed by atoms with van der Waals surface area (Å²) >= 11 is 1.84. The summed E-state index contributed by atoms with van der Waals surface area (Å²) in [5.41, 5.74) is 1.82. The average molecular weight is 257 g/mol. The Kier molecular flexibility index (Phi) is 5.40. The number of carbonyl (C=O) groups excluding carboxylic acids is 1. The molecule has 1 aliphatic heterocycles. The zero-order valence-electron chi connectivity index (χ0n) is 8.68. The first-order valence-electron chi connectivity index (χ1n) is 5.02. The largest absolute Gasteiger partial charge is 0.414 e. The number of alkyl halides is 3. The predicted octanol–water partition coefficient (Wildman–Crippen LogP) is 2.13. The molecule has 0 radical (unpaired) electrons. The van der Waals surface area contributed by atoms with Gasteiger partial charge in [0.2, 0.25) is 5.91 Å². The molecule has 1 N–H and O–H groups in total. The fourth-order valence-corrected chi connectivity index (χ4v) is 2.66. The number of rotatable bonds is 4. The monoisotopic (exact) mass is 257 g/mol. The van der Waals surface area contributed by atoms with Gasteiger partial charge in [0.25, 0.3) is 0 Å². The summed E-state index contributed by atoms with van der Waals surface area (Å²) in [4.78, 5) is 15.3. The molecule has 3 nitrogen and oxygen atoms in total. The Hall–Kier alpha value is -0.430. The van der Waals surface area contributed by atoms with Gasteiger partial charge in [-0.25, -0.2) is 5.48 Å². The van der Waals surface area contributed by atoms with Gasteiger partial charge >= 0.3 is 6.18 Å². The van der Waals surface area contributed by atoms with Crippen molar-refractivity contribution in [1.29, 1.82) is 0 Å². The van der Waals surface area contributed by atoms with Crippen molar-refractivity contribution in [2.24, 2.45) is 5.92 Å². The first-order chi connectivity index (χ1) is 7.47. The maximum Gasteiger partial charge on any atom is 0.414 e. The van der Waals surface area contributed by atoms with E-state index in [0.29, 0.717) is 0 Å². The number of carbonyl (C=O) groups is 1. The van der Waals surface area contributed by atoms with Gasteiger partial charge in [0.1, 0.15) is 0 Å². The molecule has 1 amide bonds. The highest BCUT2D eigenvalue weighted by molar-refractivity contribution is 7.99. The number of hydrogen-bond donors (Lipinski definition) is 1. The van der Waals surface area contributed by atoms with E-state index in [4.69, 9.17) is 0 Å². The molecule has 0 aromatic heterocycles. The third-order valence-corrected chi connectivity index (χ3v) is 3.29.